The summed E-state index contributed by atoms with van der Waals surface area (Å²) in [4.78, 5) is 14.4. The molecule has 3 N–H and O–H groups in total. The summed E-state index contributed by atoms with van der Waals surface area (Å²) in [7, 11) is 0. The zero-order valence-corrected chi connectivity index (χ0v) is 8.91. The number of aromatic amines is 1. The fraction of sp³-hybridized carbons (Fsp3) is 0.800. The van der Waals surface area contributed by atoms with E-state index >= 15 is 0 Å². The SMILES string of the molecule is NCCc1nn(C2CCCCC2)c(=O)[nH]1. The van der Waals surface area contributed by atoms with Crippen molar-refractivity contribution in [3.05, 3.63) is 16.3 Å². The predicted octanol–water partition coefficient (Wildman–Crippen LogP) is 0.578. The van der Waals surface area contributed by atoms with E-state index in [0.717, 1.165) is 12.8 Å². The van der Waals surface area contributed by atoms with E-state index in [1.165, 1.54) is 19.3 Å². The minimum atomic E-state index is -0.0784. The van der Waals surface area contributed by atoms with Crippen LogP contribution in [0.4, 0.5) is 0 Å². The first-order valence-electron chi connectivity index (χ1n) is 5.69. The Morgan fingerprint density at radius 1 is 1.40 bits per heavy atom. The average molecular weight is 210 g/mol. The minimum Gasteiger partial charge on any atom is -0.330 e. The third kappa shape index (κ3) is 2.28. The molecule has 84 valence electrons. The van der Waals surface area contributed by atoms with Crippen LogP contribution in [0.2, 0.25) is 0 Å². The van der Waals surface area contributed by atoms with Gasteiger partial charge < -0.3 is 5.73 Å². The molecule has 0 atom stereocenters. The molecule has 1 fully saturated rings. The lowest BCUT2D eigenvalue weighted by Gasteiger charge is -2.20. The van der Waals surface area contributed by atoms with Gasteiger partial charge in [-0.3, -0.25) is 4.98 Å². The van der Waals surface area contributed by atoms with Crippen LogP contribution in [0.15, 0.2) is 4.79 Å². The van der Waals surface area contributed by atoms with E-state index in [1.54, 1.807) is 4.68 Å². The van der Waals surface area contributed by atoms with Crippen molar-refractivity contribution in [2.24, 2.45) is 5.73 Å². The summed E-state index contributed by atoms with van der Waals surface area (Å²) in [5.74, 6) is 0.716. The van der Waals surface area contributed by atoms with Crippen LogP contribution in [0.25, 0.3) is 0 Å². The van der Waals surface area contributed by atoms with E-state index in [2.05, 4.69) is 10.1 Å². The number of hydrogen-bond donors (Lipinski definition) is 2. The van der Waals surface area contributed by atoms with Gasteiger partial charge in [0.2, 0.25) is 0 Å². The van der Waals surface area contributed by atoms with Crippen LogP contribution in [0.1, 0.15) is 44.0 Å². The number of nitrogens with two attached hydrogens (primary N) is 1. The first-order chi connectivity index (χ1) is 7.31. The predicted molar refractivity (Wildman–Crippen MR) is 57.7 cm³/mol. The van der Waals surface area contributed by atoms with E-state index in [-0.39, 0.29) is 5.69 Å². The van der Waals surface area contributed by atoms with Crippen LogP contribution < -0.4 is 11.4 Å². The van der Waals surface area contributed by atoms with Crippen molar-refractivity contribution in [3.8, 4) is 0 Å². The van der Waals surface area contributed by atoms with E-state index in [0.29, 0.717) is 24.8 Å². The molecule has 5 heteroatoms. The van der Waals surface area contributed by atoms with Gasteiger partial charge in [-0.2, -0.15) is 5.10 Å². The molecule has 15 heavy (non-hydrogen) atoms. The first-order valence-corrected chi connectivity index (χ1v) is 5.69. The minimum absolute atomic E-state index is 0.0784. The highest BCUT2D eigenvalue weighted by Crippen LogP contribution is 2.25. The summed E-state index contributed by atoms with van der Waals surface area (Å²) in [6.45, 7) is 0.525. The van der Waals surface area contributed by atoms with E-state index < -0.39 is 0 Å². The van der Waals surface area contributed by atoms with Crippen molar-refractivity contribution in [1.82, 2.24) is 14.8 Å². The molecule has 0 aliphatic heterocycles. The number of H-pyrrole nitrogens is 1. The topological polar surface area (TPSA) is 76.7 Å². The van der Waals surface area contributed by atoms with Crippen LogP contribution in [0, 0.1) is 0 Å². The average Bonchev–Trinajstić information content (AvgIpc) is 2.61. The molecule has 0 amide bonds. The van der Waals surface area contributed by atoms with Gasteiger partial charge in [-0.25, -0.2) is 9.48 Å². The standard InChI is InChI=1S/C10H18N4O/c11-7-6-9-12-10(15)14(13-9)8-4-2-1-3-5-8/h8H,1-7,11H2,(H,12,13,15). The molecular formula is C10H18N4O. The Labute approximate surface area is 88.7 Å². The Morgan fingerprint density at radius 3 is 2.80 bits per heavy atom. The molecular weight excluding hydrogens is 192 g/mol. The molecule has 1 aromatic heterocycles. The normalized spacial score (nSPS) is 18.2. The van der Waals surface area contributed by atoms with Crippen LogP contribution in [0.5, 0.6) is 0 Å². The van der Waals surface area contributed by atoms with Gasteiger partial charge in [-0.1, -0.05) is 19.3 Å². The van der Waals surface area contributed by atoms with Crippen molar-refractivity contribution in [2.45, 2.75) is 44.6 Å². The number of aromatic nitrogens is 3. The zero-order valence-electron chi connectivity index (χ0n) is 8.91. The number of hydrogen-bond acceptors (Lipinski definition) is 3. The molecule has 2 rings (SSSR count). The van der Waals surface area contributed by atoms with Gasteiger partial charge >= 0.3 is 5.69 Å². The molecule has 1 saturated carbocycles. The third-order valence-corrected chi connectivity index (χ3v) is 2.99. The maximum atomic E-state index is 11.6. The maximum Gasteiger partial charge on any atom is 0.343 e. The molecule has 0 radical (unpaired) electrons. The van der Waals surface area contributed by atoms with Gasteiger partial charge in [0, 0.05) is 6.42 Å². The second kappa shape index (κ2) is 4.61. The Balaban J connectivity index is 2.15. The second-order valence-corrected chi connectivity index (χ2v) is 4.15. The summed E-state index contributed by atoms with van der Waals surface area (Å²) >= 11 is 0. The molecule has 0 unspecified atom stereocenters. The zero-order chi connectivity index (χ0) is 10.7. The van der Waals surface area contributed by atoms with E-state index in [1.807, 2.05) is 0 Å². The first kappa shape index (κ1) is 10.4. The molecule has 1 aliphatic rings. The highest BCUT2D eigenvalue weighted by Gasteiger charge is 2.18. The van der Waals surface area contributed by atoms with Crippen molar-refractivity contribution >= 4 is 0 Å². The van der Waals surface area contributed by atoms with Crippen LogP contribution in [-0.4, -0.2) is 21.3 Å². The number of nitrogens with zero attached hydrogens (tertiary/aromatic N) is 2. The van der Waals surface area contributed by atoms with Gasteiger partial charge in [0.05, 0.1) is 6.04 Å². The summed E-state index contributed by atoms with van der Waals surface area (Å²) in [5.41, 5.74) is 5.35. The molecule has 1 aromatic rings. The summed E-state index contributed by atoms with van der Waals surface area (Å²) in [6.07, 6.45) is 6.49. The van der Waals surface area contributed by atoms with Crippen LogP contribution in [-0.2, 0) is 6.42 Å². The Hall–Kier alpha value is -1.10. The van der Waals surface area contributed by atoms with E-state index in [4.69, 9.17) is 5.73 Å². The molecule has 0 saturated heterocycles. The van der Waals surface area contributed by atoms with Crippen molar-refractivity contribution < 1.29 is 0 Å². The lowest BCUT2D eigenvalue weighted by atomic mass is 9.96. The Bertz CT molecular complexity index is 362. The van der Waals surface area contributed by atoms with Gasteiger partial charge in [0.1, 0.15) is 5.82 Å². The lowest BCUT2D eigenvalue weighted by Crippen LogP contribution is -2.25. The second-order valence-electron chi connectivity index (χ2n) is 4.15. The van der Waals surface area contributed by atoms with Gasteiger partial charge in [0.15, 0.2) is 0 Å². The van der Waals surface area contributed by atoms with Gasteiger partial charge in [0.25, 0.3) is 0 Å². The smallest absolute Gasteiger partial charge is 0.330 e. The maximum absolute atomic E-state index is 11.6. The monoisotopic (exact) mass is 210 g/mol. The van der Waals surface area contributed by atoms with Gasteiger partial charge in [-0.15, -0.1) is 0 Å². The molecule has 1 aliphatic carbocycles. The summed E-state index contributed by atoms with van der Waals surface area (Å²) < 4.78 is 1.62. The quantitative estimate of drug-likeness (QED) is 0.766. The molecule has 0 aromatic carbocycles. The van der Waals surface area contributed by atoms with Crippen LogP contribution >= 0.6 is 0 Å². The van der Waals surface area contributed by atoms with Gasteiger partial charge in [-0.05, 0) is 19.4 Å². The third-order valence-electron chi connectivity index (χ3n) is 2.99. The van der Waals surface area contributed by atoms with Crippen LogP contribution in [0.3, 0.4) is 0 Å². The fourth-order valence-electron chi connectivity index (χ4n) is 2.20. The molecule has 5 nitrogen and oxygen atoms in total. The highest BCUT2D eigenvalue weighted by atomic mass is 16.2. The highest BCUT2D eigenvalue weighted by molar-refractivity contribution is 4.85. The summed E-state index contributed by atoms with van der Waals surface area (Å²) in [5, 5.41) is 4.29. The van der Waals surface area contributed by atoms with E-state index in [9.17, 15) is 4.79 Å². The van der Waals surface area contributed by atoms with Crippen molar-refractivity contribution in [3.63, 3.8) is 0 Å². The summed E-state index contributed by atoms with van der Waals surface area (Å²) in [6, 6.07) is 0.300. The molecule has 0 spiro atoms. The number of nitrogens with one attached hydrogen (secondary N) is 1. The molecule has 0 bridgehead atoms. The fourth-order valence-corrected chi connectivity index (χ4v) is 2.20. The number of rotatable bonds is 3. The van der Waals surface area contributed by atoms with Crippen molar-refractivity contribution in [1.29, 1.82) is 0 Å². The van der Waals surface area contributed by atoms with Crippen molar-refractivity contribution in [2.75, 3.05) is 6.54 Å². The molecule has 1 heterocycles. The Morgan fingerprint density at radius 2 is 2.13 bits per heavy atom. The Kier molecular flexibility index (Phi) is 3.20. The largest absolute Gasteiger partial charge is 0.343 e. The lowest BCUT2D eigenvalue weighted by molar-refractivity contribution is 0.321.